The van der Waals surface area contributed by atoms with Crippen molar-refractivity contribution in [3.63, 3.8) is 0 Å². The first-order valence-corrected chi connectivity index (χ1v) is 7.94. The van der Waals surface area contributed by atoms with Gasteiger partial charge in [-0.2, -0.15) is 0 Å². The lowest BCUT2D eigenvalue weighted by Gasteiger charge is -2.37. The van der Waals surface area contributed by atoms with E-state index in [2.05, 4.69) is 0 Å². The monoisotopic (exact) mass is 275 g/mol. The second-order valence-corrected chi connectivity index (χ2v) is 6.53. The predicted molar refractivity (Wildman–Crippen MR) is 80.0 cm³/mol. The summed E-state index contributed by atoms with van der Waals surface area (Å²) in [5.41, 5.74) is 8.05. The number of hydrogen-bond acceptors (Lipinski definition) is 3. The molecule has 0 aromatic heterocycles. The molecule has 1 saturated carbocycles. The summed E-state index contributed by atoms with van der Waals surface area (Å²) in [5.74, 6) is 1.80. The normalized spacial score (nSPS) is 27.2. The van der Waals surface area contributed by atoms with Gasteiger partial charge >= 0.3 is 0 Å². The Morgan fingerprint density at radius 3 is 2.50 bits per heavy atom. The lowest BCUT2D eigenvalue weighted by atomic mass is 9.68. The van der Waals surface area contributed by atoms with Crippen molar-refractivity contribution >= 4 is 0 Å². The van der Waals surface area contributed by atoms with Crippen LogP contribution in [0, 0.1) is 11.8 Å². The molecule has 0 spiro atoms. The van der Waals surface area contributed by atoms with Gasteiger partial charge in [0.25, 0.3) is 0 Å². The zero-order valence-electron chi connectivity index (χ0n) is 12.0. The molecule has 2 atom stereocenters. The molecule has 0 radical (unpaired) electrons. The van der Waals surface area contributed by atoms with E-state index in [1.54, 1.807) is 6.07 Å². The summed E-state index contributed by atoms with van der Waals surface area (Å²) in [5, 5.41) is 19.9. The highest BCUT2D eigenvalue weighted by atomic mass is 16.3. The molecule has 0 saturated heterocycles. The molecule has 0 bridgehead atoms. The minimum Gasteiger partial charge on any atom is -0.504 e. The Labute approximate surface area is 120 Å². The van der Waals surface area contributed by atoms with Crippen molar-refractivity contribution in [3.05, 3.63) is 23.3 Å². The highest BCUT2D eigenvalue weighted by Gasteiger charge is 2.33. The van der Waals surface area contributed by atoms with Gasteiger partial charge in [-0.1, -0.05) is 38.2 Å². The lowest BCUT2D eigenvalue weighted by molar-refractivity contribution is 0.212. The third-order valence-electron chi connectivity index (χ3n) is 5.39. The predicted octanol–water partition coefficient (Wildman–Crippen LogP) is 3.28. The fraction of sp³-hybridized carbons (Fsp3) is 0.647. The first-order valence-electron chi connectivity index (χ1n) is 7.94. The Hall–Kier alpha value is -1.22. The van der Waals surface area contributed by atoms with Gasteiger partial charge in [-0.05, 0) is 48.8 Å². The smallest absolute Gasteiger partial charge is 0.160 e. The van der Waals surface area contributed by atoms with Crippen molar-refractivity contribution in [2.75, 3.05) is 6.54 Å². The van der Waals surface area contributed by atoms with E-state index in [1.807, 2.05) is 6.07 Å². The minimum atomic E-state index is 0.00353. The van der Waals surface area contributed by atoms with Crippen molar-refractivity contribution in [2.45, 2.75) is 50.9 Å². The first kappa shape index (κ1) is 13.7. The number of rotatable bonds is 2. The zero-order chi connectivity index (χ0) is 14.1. The van der Waals surface area contributed by atoms with Gasteiger partial charge in [0.15, 0.2) is 11.5 Å². The van der Waals surface area contributed by atoms with Crippen molar-refractivity contribution < 1.29 is 10.2 Å². The number of phenols is 2. The number of benzene rings is 1. The van der Waals surface area contributed by atoms with Gasteiger partial charge in [0.05, 0.1) is 0 Å². The van der Waals surface area contributed by atoms with E-state index in [9.17, 15) is 10.2 Å². The van der Waals surface area contributed by atoms with E-state index in [0.29, 0.717) is 18.4 Å². The Kier molecular flexibility index (Phi) is 3.88. The maximum absolute atomic E-state index is 10.2. The highest BCUT2D eigenvalue weighted by Crippen LogP contribution is 2.46. The van der Waals surface area contributed by atoms with Gasteiger partial charge in [0, 0.05) is 5.56 Å². The van der Waals surface area contributed by atoms with Crippen LogP contribution < -0.4 is 5.73 Å². The van der Waals surface area contributed by atoms with Crippen molar-refractivity contribution in [3.8, 4) is 11.5 Å². The quantitative estimate of drug-likeness (QED) is 0.726. The maximum Gasteiger partial charge on any atom is 0.160 e. The van der Waals surface area contributed by atoms with E-state index in [4.69, 9.17) is 5.73 Å². The Morgan fingerprint density at radius 1 is 1.05 bits per heavy atom. The van der Waals surface area contributed by atoms with E-state index >= 15 is 0 Å². The topological polar surface area (TPSA) is 66.5 Å². The van der Waals surface area contributed by atoms with Gasteiger partial charge in [-0.15, -0.1) is 0 Å². The van der Waals surface area contributed by atoms with Gasteiger partial charge in [0.1, 0.15) is 0 Å². The molecule has 0 aliphatic heterocycles. The fourth-order valence-corrected chi connectivity index (χ4v) is 4.26. The van der Waals surface area contributed by atoms with E-state index in [-0.39, 0.29) is 11.5 Å². The Morgan fingerprint density at radius 2 is 1.80 bits per heavy atom. The molecule has 1 fully saturated rings. The van der Waals surface area contributed by atoms with Gasteiger partial charge in [0.2, 0.25) is 0 Å². The van der Waals surface area contributed by atoms with E-state index < -0.39 is 0 Å². The van der Waals surface area contributed by atoms with E-state index in [0.717, 1.165) is 29.9 Å². The average Bonchev–Trinajstić information content (AvgIpc) is 2.51. The van der Waals surface area contributed by atoms with Crippen LogP contribution in [0.5, 0.6) is 11.5 Å². The van der Waals surface area contributed by atoms with Crippen molar-refractivity contribution in [1.82, 2.24) is 0 Å². The van der Waals surface area contributed by atoms with Crippen LogP contribution in [0.1, 0.15) is 55.6 Å². The fourth-order valence-electron chi connectivity index (χ4n) is 4.26. The lowest BCUT2D eigenvalue weighted by Crippen LogP contribution is -2.29. The van der Waals surface area contributed by atoms with Crippen LogP contribution in [0.3, 0.4) is 0 Å². The highest BCUT2D eigenvalue weighted by molar-refractivity contribution is 5.51. The molecule has 1 aromatic rings. The minimum absolute atomic E-state index is 0.00353. The molecular formula is C17H25NO2. The van der Waals surface area contributed by atoms with Crippen LogP contribution in [-0.2, 0) is 6.42 Å². The van der Waals surface area contributed by atoms with Crippen molar-refractivity contribution in [1.29, 1.82) is 0 Å². The van der Waals surface area contributed by atoms with E-state index in [1.165, 1.54) is 32.1 Å². The zero-order valence-corrected chi connectivity index (χ0v) is 12.0. The largest absolute Gasteiger partial charge is 0.504 e. The Balaban J connectivity index is 1.90. The molecule has 2 aliphatic rings. The van der Waals surface area contributed by atoms with Crippen LogP contribution in [0.25, 0.3) is 0 Å². The number of aromatic hydroxyl groups is 2. The number of nitrogens with two attached hydrogens (primary N) is 1. The molecule has 0 amide bonds. The molecule has 3 rings (SSSR count). The molecule has 3 heteroatoms. The van der Waals surface area contributed by atoms with Gasteiger partial charge in [-0.25, -0.2) is 0 Å². The van der Waals surface area contributed by atoms with Crippen LogP contribution in [-0.4, -0.2) is 16.8 Å². The summed E-state index contributed by atoms with van der Waals surface area (Å²) in [6.07, 6.45) is 8.72. The van der Waals surface area contributed by atoms with Crippen LogP contribution in [0.4, 0.5) is 0 Å². The molecule has 0 heterocycles. The van der Waals surface area contributed by atoms with Crippen LogP contribution >= 0.6 is 0 Å². The molecule has 0 unspecified atom stereocenters. The number of phenolic OH excluding ortho intramolecular Hbond substituents is 2. The standard InChI is InChI=1S/C17H25NO2/c18-10-13-8-12(11-4-2-1-3-5-11)9-15-14(13)6-7-16(19)17(15)20/h6-7,11-13,19-20H,1-5,8-10,18H2/t12-,13-/m0/s1. The summed E-state index contributed by atoms with van der Waals surface area (Å²) < 4.78 is 0. The molecule has 3 nitrogen and oxygen atoms in total. The molecular weight excluding hydrogens is 250 g/mol. The summed E-state index contributed by atoms with van der Waals surface area (Å²) in [4.78, 5) is 0. The number of hydrogen-bond donors (Lipinski definition) is 3. The SMILES string of the molecule is NC[C@@H]1C[C@H](C2CCCCC2)Cc2c1ccc(O)c2O. The summed E-state index contributed by atoms with van der Waals surface area (Å²) in [7, 11) is 0. The summed E-state index contributed by atoms with van der Waals surface area (Å²) in [6, 6.07) is 3.54. The second-order valence-electron chi connectivity index (χ2n) is 6.53. The Bertz CT molecular complexity index is 480. The molecule has 110 valence electrons. The molecule has 4 N–H and O–H groups in total. The van der Waals surface area contributed by atoms with Gasteiger partial charge in [-0.3, -0.25) is 0 Å². The molecule has 2 aliphatic carbocycles. The van der Waals surface area contributed by atoms with Crippen molar-refractivity contribution in [2.24, 2.45) is 17.6 Å². The third-order valence-corrected chi connectivity index (χ3v) is 5.39. The summed E-state index contributed by atoms with van der Waals surface area (Å²) in [6.45, 7) is 0.625. The molecule has 1 aromatic carbocycles. The second kappa shape index (κ2) is 5.65. The summed E-state index contributed by atoms with van der Waals surface area (Å²) >= 11 is 0. The van der Waals surface area contributed by atoms with Gasteiger partial charge < -0.3 is 15.9 Å². The van der Waals surface area contributed by atoms with Crippen LogP contribution in [0.2, 0.25) is 0 Å². The average molecular weight is 275 g/mol. The maximum atomic E-state index is 10.2. The van der Waals surface area contributed by atoms with Crippen LogP contribution in [0.15, 0.2) is 12.1 Å². The number of fused-ring (bicyclic) bond motifs is 1. The first-order chi connectivity index (χ1) is 9.70. The third kappa shape index (κ3) is 2.39. The molecule has 20 heavy (non-hydrogen) atoms.